The molecule has 3 aromatic rings. The molecule has 1 unspecified atom stereocenters. The average molecular weight is 405 g/mol. The van der Waals surface area contributed by atoms with Crippen molar-refractivity contribution in [2.75, 3.05) is 6.61 Å². The number of rotatable bonds is 4. The summed E-state index contributed by atoms with van der Waals surface area (Å²) in [7, 11) is 0. The van der Waals surface area contributed by atoms with Crippen LogP contribution in [-0.4, -0.2) is 17.3 Å². The summed E-state index contributed by atoms with van der Waals surface area (Å²) in [4.78, 5) is 5.79. The van der Waals surface area contributed by atoms with Gasteiger partial charge in [-0.3, -0.25) is 0 Å². The summed E-state index contributed by atoms with van der Waals surface area (Å²) in [5.41, 5.74) is 3.05. The molecular formula is C20H18Cl2N2OS. The fourth-order valence-electron chi connectivity index (χ4n) is 3.09. The summed E-state index contributed by atoms with van der Waals surface area (Å²) in [6.45, 7) is 1.62. The van der Waals surface area contributed by atoms with Gasteiger partial charge in [0.25, 0.3) is 0 Å². The van der Waals surface area contributed by atoms with E-state index in [1.807, 2.05) is 48.5 Å². The minimum absolute atomic E-state index is 0.223. The van der Waals surface area contributed by atoms with Crippen LogP contribution in [0, 0.1) is 0 Å². The van der Waals surface area contributed by atoms with Gasteiger partial charge in [0.2, 0.25) is 0 Å². The van der Waals surface area contributed by atoms with Crippen molar-refractivity contribution in [1.29, 1.82) is 0 Å². The molecule has 2 aromatic carbocycles. The first-order valence-corrected chi connectivity index (χ1v) is 10.2. The number of para-hydroxylation sites is 1. The lowest BCUT2D eigenvalue weighted by atomic mass is 10.1. The molecule has 0 N–H and O–H groups in total. The number of ether oxygens (including phenoxy) is 1. The van der Waals surface area contributed by atoms with Gasteiger partial charge in [0.15, 0.2) is 4.80 Å². The largest absolute Gasteiger partial charge is 0.376 e. The van der Waals surface area contributed by atoms with E-state index in [0.717, 1.165) is 47.7 Å². The first-order chi connectivity index (χ1) is 12.7. The quantitative estimate of drug-likeness (QED) is 0.528. The maximum absolute atomic E-state index is 6.24. The molecule has 0 bridgehead atoms. The molecule has 26 heavy (non-hydrogen) atoms. The lowest BCUT2D eigenvalue weighted by molar-refractivity contribution is 0.0968. The molecule has 3 nitrogen and oxygen atoms in total. The summed E-state index contributed by atoms with van der Waals surface area (Å²) >= 11 is 13.9. The molecule has 0 saturated carbocycles. The second-order valence-electron chi connectivity index (χ2n) is 6.23. The Morgan fingerprint density at radius 1 is 1.12 bits per heavy atom. The predicted molar refractivity (Wildman–Crippen MR) is 108 cm³/mol. The summed E-state index contributed by atoms with van der Waals surface area (Å²) in [5, 5.41) is 3.24. The standard InChI is InChI=1S/C20H18Cl2N2OS/c21-17-9-8-14(11-18(17)22)19-13-26-20(23-15-5-2-1-3-6-15)24(19)12-16-7-4-10-25-16/h1-3,5-6,8-9,11,13,16H,4,7,10,12H2. The predicted octanol–water partition coefficient (Wildman–Crippen LogP) is 5.93. The maximum atomic E-state index is 6.24. The third kappa shape index (κ3) is 3.89. The third-order valence-electron chi connectivity index (χ3n) is 4.40. The molecule has 0 aliphatic carbocycles. The molecule has 2 heterocycles. The first kappa shape index (κ1) is 17.8. The Morgan fingerprint density at radius 2 is 1.96 bits per heavy atom. The number of hydrogen-bond donors (Lipinski definition) is 0. The van der Waals surface area contributed by atoms with Crippen LogP contribution in [0.15, 0.2) is 58.9 Å². The zero-order valence-corrected chi connectivity index (χ0v) is 16.4. The van der Waals surface area contributed by atoms with Crippen LogP contribution in [0.4, 0.5) is 5.69 Å². The number of hydrogen-bond acceptors (Lipinski definition) is 3. The van der Waals surface area contributed by atoms with Gasteiger partial charge in [-0.2, -0.15) is 0 Å². The van der Waals surface area contributed by atoms with Crippen LogP contribution in [0.3, 0.4) is 0 Å². The number of halogens is 2. The van der Waals surface area contributed by atoms with E-state index in [2.05, 4.69) is 9.95 Å². The van der Waals surface area contributed by atoms with Gasteiger partial charge in [-0.1, -0.05) is 47.5 Å². The fourth-order valence-corrected chi connectivity index (χ4v) is 4.32. The SMILES string of the molecule is Clc1ccc(-c2csc(=Nc3ccccc3)n2CC2CCCO2)cc1Cl. The first-order valence-electron chi connectivity index (χ1n) is 8.56. The van der Waals surface area contributed by atoms with Crippen LogP contribution >= 0.6 is 34.5 Å². The Morgan fingerprint density at radius 3 is 2.69 bits per heavy atom. The smallest absolute Gasteiger partial charge is 0.190 e. The second-order valence-corrected chi connectivity index (χ2v) is 7.88. The molecule has 134 valence electrons. The highest BCUT2D eigenvalue weighted by atomic mass is 35.5. The van der Waals surface area contributed by atoms with Crippen molar-refractivity contribution in [2.24, 2.45) is 4.99 Å². The monoisotopic (exact) mass is 404 g/mol. The summed E-state index contributed by atoms with van der Waals surface area (Å²) < 4.78 is 8.09. The summed E-state index contributed by atoms with van der Waals surface area (Å²) in [6.07, 6.45) is 2.41. The fraction of sp³-hybridized carbons (Fsp3) is 0.250. The van der Waals surface area contributed by atoms with E-state index in [0.29, 0.717) is 10.0 Å². The lowest BCUT2D eigenvalue weighted by Gasteiger charge is -2.14. The van der Waals surface area contributed by atoms with Crippen molar-refractivity contribution in [1.82, 2.24) is 4.57 Å². The number of nitrogens with zero attached hydrogens (tertiary/aromatic N) is 2. The third-order valence-corrected chi connectivity index (χ3v) is 6.01. The molecule has 1 atom stereocenters. The van der Waals surface area contributed by atoms with Gasteiger partial charge in [-0.05, 0) is 37.1 Å². The van der Waals surface area contributed by atoms with Crippen LogP contribution in [0.25, 0.3) is 11.3 Å². The van der Waals surface area contributed by atoms with E-state index in [1.54, 1.807) is 11.3 Å². The molecule has 0 amide bonds. The van der Waals surface area contributed by atoms with Crippen molar-refractivity contribution >= 4 is 40.2 Å². The number of thiazole rings is 1. The van der Waals surface area contributed by atoms with E-state index in [4.69, 9.17) is 32.9 Å². The summed E-state index contributed by atoms with van der Waals surface area (Å²) in [6, 6.07) is 15.7. The molecular weight excluding hydrogens is 387 g/mol. The van der Waals surface area contributed by atoms with E-state index in [1.165, 1.54) is 0 Å². The molecule has 0 spiro atoms. The van der Waals surface area contributed by atoms with Gasteiger partial charge in [0.1, 0.15) is 0 Å². The number of aromatic nitrogens is 1. The normalized spacial score (nSPS) is 17.8. The van der Waals surface area contributed by atoms with Gasteiger partial charge in [0.05, 0.1) is 34.1 Å². The average Bonchev–Trinajstić information content (AvgIpc) is 3.30. The Kier molecular flexibility index (Phi) is 5.46. The van der Waals surface area contributed by atoms with Gasteiger partial charge in [-0.25, -0.2) is 4.99 Å². The molecule has 1 aliphatic heterocycles. The molecule has 6 heteroatoms. The molecule has 1 aliphatic rings. The molecule has 1 fully saturated rings. The van der Waals surface area contributed by atoms with E-state index in [9.17, 15) is 0 Å². The highest BCUT2D eigenvalue weighted by Crippen LogP contribution is 2.29. The Balaban J connectivity index is 1.80. The van der Waals surface area contributed by atoms with Crippen molar-refractivity contribution in [2.45, 2.75) is 25.5 Å². The molecule has 1 saturated heterocycles. The van der Waals surface area contributed by atoms with E-state index in [-0.39, 0.29) is 6.10 Å². The lowest BCUT2D eigenvalue weighted by Crippen LogP contribution is -2.24. The highest BCUT2D eigenvalue weighted by Gasteiger charge is 2.19. The van der Waals surface area contributed by atoms with Crippen molar-refractivity contribution in [3.63, 3.8) is 0 Å². The zero-order chi connectivity index (χ0) is 17.9. The topological polar surface area (TPSA) is 26.5 Å². The maximum Gasteiger partial charge on any atom is 0.190 e. The van der Waals surface area contributed by atoms with Crippen molar-refractivity contribution in [3.8, 4) is 11.3 Å². The van der Waals surface area contributed by atoms with Gasteiger partial charge < -0.3 is 9.30 Å². The second kappa shape index (κ2) is 7.97. The van der Waals surface area contributed by atoms with Crippen LogP contribution in [-0.2, 0) is 11.3 Å². The Labute approximate surface area is 166 Å². The zero-order valence-electron chi connectivity index (χ0n) is 14.1. The van der Waals surface area contributed by atoms with E-state index < -0.39 is 0 Å². The van der Waals surface area contributed by atoms with Crippen LogP contribution < -0.4 is 4.80 Å². The van der Waals surface area contributed by atoms with Crippen LogP contribution in [0.2, 0.25) is 10.0 Å². The van der Waals surface area contributed by atoms with Crippen molar-refractivity contribution in [3.05, 3.63) is 68.8 Å². The number of benzene rings is 2. The minimum atomic E-state index is 0.223. The van der Waals surface area contributed by atoms with Gasteiger partial charge in [-0.15, -0.1) is 11.3 Å². The van der Waals surface area contributed by atoms with Gasteiger partial charge in [0, 0.05) is 17.6 Å². The molecule has 1 aromatic heterocycles. The minimum Gasteiger partial charge on any atom is -0.376 e. The molecule has 0 radical (unpaired) electrons. The Hall–Kier alpha value is -1.59. The summed E-state index contributed by atoms with van der Waals surface area (Å²) in [5.74, 6) is 0. The van der Waals surface area contributed by atoms with Crippen LogP contribution in [0.5, 0.6) is 0 Å². The van der Waals surface area contributed by atoms with E-state index >= 15 is 0 Å². The van der Waals surface area contributed by atoms with Crippen molar-refractivity contribution < 1.29 is 4.74 Å². The Bertz CT molecular complexity index is 959. The van der Waals surface area contributed by atoms with Gasteiger partial charge >= 0.3 is 0 Å². The van der Waals surface area contributed by atoms with Crippen LogP contribution in [0.1, 0.15) is 12.8 Å². The molecule has 4 rings (SSSR count). The highest BCUT2D eigenvalue weighted by molar-refractivity contribution is 7.07.